The Balaban J connectivity index is 2.21. The minimum absolute atomic E-state index is 0.0344. The summed E-state index contributed by atoms with van der Waals surface area (Å²) in [5.74, 6) is 0. The van der Waals surface area contributed by atoms with E-state index in [1.165, 1.54) is 12.1 Å². The second-order valence-corrected chi connectivity index (χ2v) is 4.12. The van der Waals surface area contributed by atoms with Crippen LogP contribution in [0.1, 0.15) is 11.1 Å². The molecule has 0 atom stereocenters. The van der Waals surface area contributed by atoms with E-state index in [1.54, 1.807) is 18.3 Å². The molecule has 20 heavy (non-hydrogen) atoms. The highest BCUT2D eigenvalue weighted by molar-refractivity contribution is 5.82. The van der Waals surface area contributed by atoms with Gasteiger partial charge in [0.1, 0.15) is 0 Å². The maximum absolute atomic E-state index is 10.7. The van der Waals surface area contributed by atoms with Gasteiger partial charge >= 0.3 is 0 Å². The highest BCUT2D eigenvalue weighted by atomic mass is 16.6. The number of hydrogen-bond acceptors (Lipinski definition) is 4. The van der Waals surface area contributed by atoms with Gasteiger partial charge in [-0.1, -0.05) is 24.3 Å². The molecule has 0 saturated carbocycles. The summed E-state index contributed by atoms with van der Waals surface area (Å²) in [7, 11) is 0. The molecule has 0 amide bonds. The molecule has 0 saturated heterocycles. The Hall–Kier alpha value is -3.00. The number of benzene rings is 2. The van der Waals surface area contributed by atoms with E-state index in [0.29, 0.717) is 17.7 Å². The van der Waals surface area contributed by atoms with Gasteiger partial charge in [0.15, 0.2) is 0 Å². The third-order valence-electron chi connectivity index (χ3n) is 2.64. The summed E-state index contributed by atoms with van der Waals surface area (Å²) in [6.07, 6.45) is 1.90. The first-order valence-electron chi connectivity index (χ1n) is 5.93. The van der Waals surface area contributed by atoms with Crippen LogP contribution in [0.5, 0.6) is 0 Å². The number of nitro benzene ring substituents is 1. The molecular formula is C15H11N3O2. The first-order chi connectivity index (χ1) is 9.69. The van der Waals surface area contributed by atoms with Crippen LogP contribution >= 0.6 is 0 Å². The summed E-state index contributed by atoms with van der Waals surface area (Å²) in [6.45, 7) is 0. The Kier molecular flexibility index (Phi) is 4.20. The number of hydrogen-bond donors (Lipinski definition) is 0. The third-order valence-corrected chi connectivity index (χ3v) is 2.64. The largest absolute Gasteiger partial charge is 0.270 e. The molecule has 0 spiro atoms. The number of nitriles is 1. The third kappa shape index (κ3) is 3.50. The molecule has 5 nitrogen and oxygen atoms in total. The van der Waals surface area contributed by atoms with Gasteiger partial charge in [0, 0.05) is 18.3 Å². The molecule has 0 bridgehead atoms. The lowest BCUT2D eigenvalue weighted by atomic mass is 10.1. The van der Waals surface area contributed by atoms with Crippen molar-refractivity contribution in [1.82, 2.24) is 0 Å². The van der Waals surface area contributed by atoms with Gasteiger partial charge in [-0.2, -0.15) is 5.26 Å². The Bertz CT molecular complexity index is 702. The van der Waals surface area contributed by atoms with Crippen LogP contribution in [0.3, 0.4) is 0 Å². The van der Waals surface area contributed by atoms with Crippen molar-refractivity contribution in [2.45, 2.75) is 6.42 Å². The van der Waals surface area contributed by atoms with Gasteiger partial charge in [-0.3, -0.25) is 15.1 Å². The van der Waals surface area contributed by atoms with Crippen LogP contribution in [-0.2, 0) is 6.42 Å². The van der Waals surface area contributed by atoms with Gasteiger partial charge in [-0.15, -0.1) is 0 Å². The first kappa shape index (κ1) is 13.4. The lowest BCUT2D eigenvalue weighted by molar-refractivity contribution is -0.384. The van der Waals surface area contributed by atoms with Crippen LogP contribution < -0.4 is 0 Å². The molecule has 0 fully saturated rings. The molecule has 2 aromatic carbocycles. The highest BCUT2D eigenvalue weighted by Crippen LogP contribution is 2.16. The van der Waals surface area contributed by atoms with Crippen molar-refractivity contribution >= 4 is 17.6 Å². The summed E-state index contributed by atoms with van der Waals surface area (Å²) in [5, 5.41) is 19.3. The van der Waals surface area contributed by atoms with E-state index >= 15 is 0 Å². The fourth-order valence-electron chi connectivity index (χ4n) is 1.71. The standard InChI is InChI=1S/C15H11N3O2/c16-8-7-12-3-1-5-14(9-12)17-11-13-4-2-6-15(10-13)18(19)20/h1-6,9-11H,7H2. The van der Waals surface area contributed by atoms with Crippen LogP contribution in [0.15, 0.2) is 53.5 Å². The summed E-state index contributed by atoms with van der Waals surface area (Å²) < 4.78 is 0. The highest BCUT2D eigenvalue weighted by Gasteiger charge is 2.03. The molecule has 0 radical (unpaired) electrons. The summed E-state index contributed by atoms with van der Waals surface area (Å²) in [6, 6.07) is 15.7. The molecule has 2 rings (SSSR count). The van der Waals surface area contributed by atoms with Gasteiger partial charge in [0.05, 0.1) is 23.1 Å². The van der Waals surface area contributed by atoms with Crippen molar-refractivity contribution < 1.29 is 4.92 Å². The van der Waals surface area contributed by atoms with Crippen LogP contribution in [0.4, 0.5) is 11.4 Å². The van der Waals surface area contributed by atoms with Crippen molar-refractivity contribution in [3.63, 3.8) is 0 Å². The second-order valence-electron chi connectivity index (χ2n) is 4.12. The molecular weight excluding hydrogens is 254 g/mol. The van der Waals surface area contributed by atoms with Crippen LogP contribution in [0, 0.1) is 21.4 Å². The molecule has 98 valence electrons. The van der Waals surface area contributed by atoms with Gasteiger partial charge in [-0.25, -0.2) is 0 Å². The Labute approximate surface area is 116 Å². The van der Waals surface area contributed by atoms with Gasteiger partial charge in [0.2, 0.25) is 0 Å². The number of nitrogens with zero attached hydrogens (tertiary/aromatic N) is 3. The Morgan fingerprint density at radius 2 is 2.05 bits per heavy atom. The average molecular weight is 265 g/mol. The monoisotopic (exact) mass is 265 g/mol. The molecule has 2 aromatic rings. The average Bonchev–Trinajstić information content (AvgIpc) is 2.46. The van der Waals surface area contributed by atoms with Crippen LogP contribution in [-0.4, -0.2) is 11.1 Å². The fraction of sp³-hybridized carbons (Fsp3) is 0.0667. The molecule has 0 aliphatic carbocycles. The summed E-state index contributed by atoms with van der Waals surface area (Å²) in [4.78, 5) is 14.5. The predicted octanol–water partition coefficient (Wildman–Crippen LogP) is 3.41. The number of nitro groups is 1. The maximum Gasteiger partial charge on any atom is 0.270 e. The number of non-ortho nitro benzene ring substituents is 1. The minimum Gasteiger partial charge on any atom is -0.258 e. The zero-order valence-electron chi connectivity index (χ0n) is 10.6. The first-order valence-corrected chi connectivity index (χ1v) is 5.93. The van der Waals surface area contributed by atoms with Crippen molar-refractivity contribution in [2.75, 3.05) is 0 Å². The second kappa shape index (κ2) is 6.25. The van der Waals surface area contributed by atoms with Crippen molar-refractivity contribution in [3.05, 3.63) is 69.8 Å². The normalized spacial score (nSPS) is 10.3. The van der Waals surface area contributed by atoms with Gasteiger partial charge in [0.25, 0.3) is 5.69 Å². The van der Waals surface area contributed by atoms with E-state index in [2.05, 4.69) is 11.1 Å². The molecule has 0 aliphatic heterocycles. The van der Waals surface area contributed by atoms with Gasteiger partial charge in [-0.05, 0) is 23.3 Å². The molecule has 0 heterocycles. The van der Waals surface area contributed by atoms with E-state index in [9.17, 15) is 10.1 Å². The molecule has 5 heteroatoms. The maximum atomic E-state index is 10.7. The molecule has 0 N–H and O–H groups in total. The molecule has 0 aliphatic rings. The predicted molar refractivity (Wildman–Crippen MR) is 76.1 cm³/mol. The summed E-state index contributed by atoms with van der Waals surface area (Å²) in [5.41, 5.74) is 2.29. The van der Waals surface area contributed by atoms with E-state index in [-0.39, 0.29) is 5.69 Å². The van der Waals surface area contributed by atoms with Crippen LogP contribution in [0.2, 0.25) is 0 Å². The molecule has 0 aromatic heterocycles. The fourth-order valence-corrected chi connectivity index (χ4v) is 1.71. The topological polar surface area (TPSA) is 79.3 Å². The lowest BCUT2D eigenvalue weighted by Gasteiger charge is -1.97. The SMILES string of the molecule is N#CCc1cccc(N=Cc2cccc([N+](=O)[O-])c2)c1. The zero-order valence-corrected chi connectivity index (χ0v) is 10.6. The number of aliphatic imine (C=N–C) groups is 1. The number of rotatable bonds is 4. The minimum atomic E-state index is -0.440. The van der Waals surface area contributed by atoms with Crippen molar-refractivity contribution in [3.8, 4) is 6.07 Å². The summed E-state index contributed by atoms with van der Waals surface area (Å²) >= 11 is 0. The Morgan fingerprint density at radius 1 is 1.25 bits per heavy atom. The van der Waals surface area contributed by atoms with Crippen LogP contribution in [0.25, 0.3) is 0 Å². The lowest BCUT2D eigenvalue weighted by Crippen LogP contribution is -1.89. The van der Waals surface area contributed by atoms with E-state index in [0.717, 1.165) is 5.56 Å². The van der Waals surface area contributed by atoms with Crippen molar-refractivity contribution in [1.29, 1.82) is 5.26 Å². The van der Waals surface area contributed by atoms with E-state index in [1.807, 2.05) is 24.3 Å². The van der Waals surface area contributed by atoms with E-state index in [4.69, 9.17) is 5.26 Å². The zero-order chi connectivity index (χ0) is 14.4. The van der Waals surface area contributed by atoms with Crippen molar-refractivity contribution in [2.24, 2.45) is 4.99 Å². The Morgan fingerprint density at radius 3 is 2.80 bits per heavy atom. The quantitative estimate of drug-likeness (QED) is 0.482. The smallest absolute Gasteiger partial charge is 0.258 e. The van der Waals surface area contributed by atoms with Gasteiger partial charge < -0.3 is 0 Å². The molecule has 0 unspecified atom stereocenters. The van der Waals surface area contributed by atoms with E-state index < -0.39 is 4.92 Å².